The van der Waals surface area contributed by atoms with Gasteiger partial charge in [0, 0.05) is 63.6 Å². The van der Waals surface area contributed by atoms with Crippen molar-refractivity contribution >= 4 is 12.0 Å². The van der Waals surface area contributed by atoms with Gasteiger partial charge in [-0.05, 0) is 67.9 Å². The largest absolute Gasteiger partial charge is 0.441 e. The first-order chi connectivity index (χ1) is 18.7. The van der Waals surface area contributed by atoms with Crippen LogP contribution < -0.4 is 10.6 Å². The Morgan fingerprint density at radius 3 is 2.49 bits per heavy atom. The molecule has 0 atom stereocenters. The van der Waals surface area contributed by atoms with Gasteiger partial charge >= 0.3 is 6.09 Å². The summed E-state index contributed by atoms with van der Waals surface area (Å²) < 4.78 is 47.8. The van der Waals surface area contributed by atoms with E-state index in [1.165, 1.54) is 18.2 Å². The molecule has 3 fully saturated rings. The summed E-state index contributed by atoms with van der Waals surface area (Å²) in [4.78, 5) is 29.2. The molecule has 1 spiro atoms. The third kappa shape index (κ3) is 6.59. The molecule has 10 heteroatoms. The number of hydrogen-bond donors (Lipinski definition) is 2. The van der Waals surface area contributed by atoms with Crippen LogP contribution >= 0.6 is 0 Å². The molecule has 2 amide bonds. The van der Waals surface area contributed by atoms with E-state index in [1.54, 1.807) is 11.8 Å². The van der Waals surface area contributed by atoms with Crippen LogP contribution in [0.4, 0.5) is 18.0 Å². The Morgan fingerprint density at radius 1 is 1.13 bits per heavy atom. The number of nitrogens with one attached hydrogen (secondary N) is 2. The SMILES string of the molecule is Cc1cc(F)c(CN2CCC3(CC2)CN(CC2CCC(C(=O)NCC4=CCNC(F)=C4)CC2)C(=O)O3)c(F)c1. The Labute approximate surface area is 227 Å². The third-order valence-corrected chi connectivity index (χ3v) is 8.59. The van der Waals surface area contributed by atoms with Crippen LogP contribution in [0, 0.1) is 30.4 Å². The molecular formula is C29H37F3N4O3. The number of halogens is 3. The van der Waals surface area contributed by atoms with Crippen LogP contribution in [0.2, 0.25) is 0 Å². The van der Waals surface area contributed by atoms with Gasteiger partial charge < -0.3 is 20.3 Å². The fourth-order valence-corrected chi connectivity index (χ4v) is 6.24. The van der Waals surface area contributed by atoms with Gasteiger partial charge in [-0.1, -0.05) is 6.08 Å². The molecule has 1 aliphatic carbocycles. The van der Waals surface area contributed by atoms with Crippen molar-refractivity contribution in [3.8, 4) is 0 Å². The summed E-state index contributed by atoms with van der Waals surface area (Å²) in [5, 5.41) is 5.50. The maximum Gasteiger partial charge on any atom is 0.410 e. The van der Waals surface area contributed by atoms with Crippen LogP contribution in [0.3, 0.4) is 0 Å². The molecule has 0 radical (unpaired) electrons. The molecule has 1 aromatic carbocycles. The monoisotopic (exact) mass is 546 g/mol. The normalized spacial score (nSPS) is 25.1. The smallest absolute Gasteiger partial charge is 0.410 e. The average molecular weight is 547 g/mol. The number of amides is 2. The highest BCUT2D eigenvalue weighted by molar-refractivity contribution is 5.79. The number of aryl methyl sites for hydroxylation is 1. The summed E-state index contributed by atoms with van der Waals surface area (Å²) in [6.07, 6.45) is 7.45. The minimum absolute atomic E-state index is 0.00149. The summed E-state index contributed by atoms with van der Waals surface area (Å²) in [5.41, 5.74) is 0.851. The number of benzene rings is 1. The number of dihydropyridines is 1. The lowest BCUT2D eigenvalue weighted by Gasteiger charge is -2.37. The highest BCUT2D eigenvalue weighted by Crippen LogP contribution is 2.36. The lowest BCUT2D eigenvalue weighted by molar-refractivity contribution is -0.126. The van der Waals surface area contributed by atoms with Crippen molar-refractivity contribution in [2.75, 3.05) is 39.3 Å². The van der Waals surface area contributed by atoms with Gasteiger partial charge in [-0.15, -0.1) is 0 Å². The van der Waals surface area contributed by atoms with Gasteiger partial charge in [0.05, 0.1) is 6.54 Å². The Bertz CT molecular complexity index is 1130. The molecular weight excluding hydrogens is 509 g/mol. The number of rotatable bonds is 7. The van der Waals surface area contributed by atoms with Crippen LogP contribution in [0.5, 0.6) is 0 Å². The summed E-state index contributed by atoms with van der Waals surface area (Å²) in [6.45, 7) is 4.95. The van der Waals surface area contributed by atoms with Crippen molar-refractivity contribution in [2.24, 2.45) is 11.8 Å². The van der Waals surface area contributed by atoms with E-state index in [-0.39, 0.29) is 36.0 Å². The van der Waals surface area contributed by atoms with Gasteiger partial charge in [0.2, 0.25) is 5.91 Å². The van der Waals surface area contributed by atoms with E-state index in [9.17, 15) is 22.8 Å². The zero-order valence-corrected chi connectivity index (χ0v) is 22.4. The Kier molecular flexibility index (Phi) is 8.21. The maximum atomic E-state index is 14.3. The number of piperidine rings is 1. The molecule has 3 heterocycles. The van der Waals surface area contributed by atoms with E-state index in [1.807, 2.05) is 11.0 Å². The van der Waals surface area contributed by atoms with Gasteiger partial charge in [-0.25, -0.2) is 13.6 Å². The summed E-state index contributed by atoms with van der Waals surface area (Å²) >= 11 is 0. The molecule has 7 nitrogen and oxygen atoms in total. The van der Waals surface area contributed by atoms with Crippen molar-refractivity contribution in [3.05, 3.63) is 58.6 Å². The number of hydrogen-bond acceptors (Lipinski definition) is 5. The first-order valence-corrected chi connectivity index (χ1v) is 13.9. The van der Waals surface area contributed by atoms with Crippen molar-refractivity contribution in [2.45, 2.75) is 57.6 Å². The molecule has 1 aromatic rings. The van der Waals surface area contributed by atoms with E-state index >= 15 is 0 Å². The molecule has 1 saturated carbocycles. The number of carbonyl (C=O) groups is 2. The fraction of sp³-hybridized carbons (Fsp3) is 0.586. The lowest BCUT2D eigenvalue weighted by atomic mass is 9.81. The molecule has 212 valence electrons. The predicted molar refractivity (Wildman–Crippen MR) is 140 cm³/mol. The van der Waals surface area contributed by atoms with Gasteiger partial charge in [-0.2, -0.15) is 4.39 Å². The topological polar surface area (TPSA) is 73.9 Å². The highest BCUT2D eigenvalue weighted by Gasteiger charge is 2.47. The molecule has 2 N–H and O–H groups in total. The number of carbonyl (C=O) groups excluding carboxylic acids is 2. The minimum Gasteiger partial charge on any atom is -0.441 e. The summed E-state index contributed by atoms with van der Waals surface area (Å²) in [6, 6.07) is 2.71. The number of likely N-dealkylation sites (tertiary alicyclic amines) is 1. The standard InChI is InChI=1S/C29H37F3N4O3/c1-19-12-24(30)23(25(31)13-19)17-35-10-7-29(8-11-35)18-36(28(38)39-29)16-20-2-4-22(5-3-20)27(37)34-15-21-6-9-33-26(32)14-21/h6,12-14,20,22,33H,2-5,7-11,15-18H2,1H3,(H,34,37). The first-order valence-electron chi connectivity index (χ1n) is 13.9. The van der Waals surface area contributed by atoms with E-state index < -0.39 is 17.2 Å². The van der Waals surface area contributed by atoms with Gasteiger partial charge in [0.1, 0.15) is 17.2 Å². The van der Waals surface area contributed by atoms with Crippen molar-refractivity contribution in [3.63, 3.8) is 0 Å². The number of ether oxygens (including phenoxy) is 1. The predicted octanol–water partition coefficient (Wildman–Crippen LogP) is 4.32. The Morgan fingerprint density at radius 2 is 1.82 bits per heavy atom. The molecule has 5 rings (SSSR count). The average Bonchev–Trinajstić information content (AvgIpc) is 3.20. The van der Waals surface area contributed by atoms with E-state index in [0.717, 1.165) is 31.3 Å². The third-order valence-electron chi connectivity index (χ3n) is 8.59. The molecule has 0 aromatic heterocycles. The fourth-order valence-electron chi connectivity index (χ4n) is 6.24. The molecule has 0 bridgehead atoms. The zero-order chi connectivity index (χ0) is 27.6. The summed E-state index contributed by atoms with van der Waals surface area (Å²) in [7, 11) is 0. The van der Waals surface area contributed by atoms with E-state index in [4.69, 9.17) is 4.74 Å². The maximum absolute atomic E-state index is 14.3. The van der Waals surface area contributed by atoms with Crippen LogP contribution in [-0.2, 0) is 16.1 Å². The minimum atomic E-state index is -0.549. The van der Waals surface area contributed by atoms with Crippen LogP contribution in [0.1, 0.15) is 49.7 Å². The van der Waals surface area contributed by atoms with Crippen molar-refractivity contribution in [1.82, 2.24) is 20.4 Å². The van der Waals surface area contributed by atoms with E-state index in [0.29, 0.717) is 63.6 Å². The molecule has 3 aliphatic heterocycles. The Hall–Kier alpha value is -3.01. The first kappa shape index (κ1) is 27.6. The van der Waals surface area contributed by atoms with Crippen LogP contribution in [0.25, 0.3) is 0 Å². The second-order valence-corrected chi connectivity index (χ2v) is 11.5. The van der Waals surface area contributed by atoms with Gasteiger partial charge in [0.25, 0.3) is 0 Å². The molecule has 39 heavy (non-hydrogen) atoms. The van der Waals surface area contributed by atoms with Crippen LogP contribution in [-0.4, -0.2) is 66.7 Å². The Balaban J connectivity index is 1.05. The second-order valence-electron chi connectivity index (χ2n) is 11.5. The van der Waals surface area contributed by atoms with Crippen molar-refractivity contribution < 1.29 is 27.5 Å². The molecule has 0 unspecified atom stereocenters. The van der Waals surface area contributed by atoms with Gasteiger partial charge in [-0.3, -0.25) is 9.69 Å². The quantitative estimate of drug-likeness (QED) is 0.499. The molecule has 2 saturated heterocycles. The highest BCUT2D eigenvalue weighted by atomic mass is 19.1. The number of nitrogens with zero attached hydrogens (tertiary/aromatic N) is 2. The van der Waals surface area contributed by atoms with Crippen LogP contribution in [0.15, 0.2) is 35.8 Å². The van der Waals surface area contributed by atoms with Gasteiger partial charge in [0.15, 0.2) is 5.95 Å². The summed E-state index contributed by atoms with van der Waals surface area (Å²) in [5.74, 6) is -1.19. The molecule has 4 aliphatic rings. The van der Waals surface area contributed by atoms with Crippen molar-refractivity contribution in [1.29, 1.82) is 0 Å². The zero-order valence-electron chi connectivity index (χ0n) is 22.4. The lowest BCUT2D eigenvalue weighted by Crippen LogP contribution is -2.47. The second kappa shape index (κ2) is 11.6. The van der Waals surface area contributed by atoms with E-state index in [2.05, 4.69) is 10.6 Å².